The van der Waals surface area contributed by atoms with Crippen LogP contribution in [0.1, 0.15) is 18.1 Å². The third kappa shape index (κ3) is 5.24. The highest BCUT2D eigenvalue weighted by Crippen LogP contribution is 2.27. The molecule has 0 fully saturated rings. The first-order valence-corrected chi connectivity index (χ1v) is 10.5. The van der Waals surface area contributed by atoms with Crippen LogP contribution in [0.2, 0.25) is 0 Å². The molecule has 1 amide bonds. The second-order valence-electron chi connectivity index (χ2n) is 7.17. The molecule has 3 aromatic rings. The van der Waals surface area contributed by atoms with Crippen molar-refractivity contribution < 1.29 is 4.79 Å². The second-order valence-corrected chi connectivity index (χ2v) is 7.56. The lowest BCUT2D eigenvalue weighted by Gasteiger charge is -2.25. The van der Waals surface area contributed by atoms with E-state index in [0.29, 0.717) is 11.7 Å². The first-order valence-electron chi connectivity index (χ1n) is 10.1. The lowest BCUT2D eigenvalue weighted by molar-refractivity contribution is -0.116. The number of anilines is 2. The number of carbonyl (C=O) groups excluding carboxylic acids is 1. The standard InChI is InChI=1S/C25H27N3OS/c1-4-28(17-23(29)27-24-18(2)11-10-12-19(24)3)25(30)26-22-16-9-8-15-21(22)20-13-6-5-7-14-20/h5-16H,4,17H2,1-3H3,(H,26,30)(H,27,29). The zero-order valence-electron chi connectivity index (χ0n) is 17.6. The fourth-order valence-corrected chi connectivity index (χ4v) is 3.65. The summed E-state index contributed by atoms with van der Waals surface area (Å²) in [6, 6.07) is 24.2. The quantitative estimate of drug-likeness (QED) is 0.510. The highest BCUT2D eigenvalue weighted by molar-refractivity contribution is 7.80. The number of rotatable bonds is 6. The van der Waals surface area contributed by atoms with Crippen LogP contribution >= 0.6 is 12.2 Å². The molecule has 0 aromatic heterocycles. The van der Waals surface area contributed by atoms with E-state index in [1.807, 2.05) is 80.3 Å². The highest BCUT2D eigenvalue weighted by Gasteiger charge is 2.15. The summed E-state index contributed by atoms with van der Waals surface area (Å²) in [7, 11) is 0. The zero-order chi connectivity index (χ0) is 21.5. The number of aryl methyl sites for hydroxylation is 2. The van der Waals surface area contributed by atoms with Crippen molar-refractivity contribution in [3.05, 3.63) is 83.9 Å². The lowest BCUT2D eigenvalue weighted by Crippen LogP contribution is -2.40. The Morgan fingerprint density at radius 3 is 2.17 bits per heavy atom. The van der Waals surface area contributed by atoms with Gasteiger partial charge in [-0.2, -0.15) is 0 Å². The summed E-state index contributed by atoms with van der Waals surface area (Å²) in [4.78, 5) is 14.6. The van der Waals surface area contributed by atoms with Crippen molar-refractivity contribution in [2.75, 3.05) is 23.7 Å². The van der Waals surface area contributed by atoms with Gasteiger partial charge in [-0.15, -0.1) is 0 Å². The maximum Gasteiger partial charge on any atom is 0.243 e. The van der Waals surface area contributed by atoms with Crippen LogP contribution in [0.25, 0.3) is 11.1 Å². The van der Waals surface area contributed by atoms with E-state index in [4.69, 9.17) is 12.2 Å². The summed E-state index contributed by atoms with van der Waals surface area (Å²) in [6.07, 6.45) is 0. The molecule has 0 radical (unpaired) electrons. The van der Waals surface area contributed by atoms with Crippen LogP contribution in [-0.4, -0.2) is 29.0 Å². The fourth-order valence-electron chi connectivity index (χ4n) is 3.35. The van der Waals surface area contributed by atoms with Crippen LogP contribution in [0.4, 0.5) is 11.4 Å². The summed E-state index contributed by atoms with van der Waals surface area (Å²) >= 11 is 5.64. The van der Waals surface area contributed by atoms with Crippen molar-refractivity contribution in [3.8, 4) is 11.1 Å². The number of hydrogen-bond donors (Lipinski definition) is 2. The number of nitrogens with one attached hydrogen (secondary N) is 2. The minimum absolute atomic E-state index is 0.0882. The molecule has 0 unspecified atom stereocenters. The number of thiocarbonyl (C=S) groups is 1. The van der Waals surface area contributed by atoms with E-state index in [9.17, 15) is 4.79 Å². The molecule has 0 atom stereocenters. The van der Waals surface area contributed by atoms with Gasteiger partial charge in [0.2, 0.25) is 5.91 Å². The van der Waals surface area contributed by atoms with Gasteiger partial charge < -0.3 is 15.5 Å². The number of hydrogen-bond acceptors (Lipinski definition) is 2. The molecule has 30 heavy (non-hydrogen) atoms. The summed E-state index contributed by atoms with van der Waals surface area (Å²) in [6.45, 7) is 6.78. The normalized spacial score (nSPS) is 10.4. The maximum absolute atomic E-state index is 12.7. The SMILES string of the molecule is CCN(CC(=O)Nc1c(C)cccc1C)C(=S)Nc1ccccc1-c1ccccc1. The smallest absolute Gasteiger partial charge is 0.243 e. The Bertz CT molecular complexity index is 1010. The number of likely N-dealkylation sites (N-methyl/N-ethyl adjacent to an activating group) is 1. The summed E-state index contributed by atoms with van der Waals surface area (Å²) < 4.78 is 0. The maximum atomic E-state index is 12.7. The van der Waals surface area contributed by atoms with E-state index in [1.165, 1.54) is 0 Å². The summed E-state index contributed by atoms with van der Waals surface area (Å²) in [5, 5.41) is 6.89. The molecule has 0 bridgehead atoms. The summed E-state index contributed by atoms with van der Waals surface area (Å²) in [5.74, 6) is -0.0882. The second kappa shape index (κ2) is 10.0. The third-order valence-corrected chi connectivity index (χ3v) is 5.36. The van der Waals surface area contributed by atoms with Crippen molar-refractivity contribution in [1.82, 2.24) is 4.90 Å². The van der Waals surface area contributed by atoms with Crippen LogP contribution in [0.15, 0.2) is 72.8 Å². The van der Waals surface area contributed by atoms with Gasteiger partial charge >= 0.3 is 0 Å². The Morgan fingerprint density at radius 1 is 0.867 bits per heavy atom. The average Bonchev–Trinajstić information content (AvgIpc) is 2.75. The van der Waals surface area contributed by atoms with Crippen LogP contribution in [0.3, 0.4) is 0 Å². The summed E-state index contributed by atoms with van der Waals surface area (Å²) in [5.41, 5.74) is 6.05. The lowest BCUT2D eigenvalue weighted by atomic mass is 10.0. The average molecular weight is 418 g/mol. The number of amides is 1. The molecule has 0 aliphatic carbocycles. The molecule has 0 aliphatic heterocycles. The molecule has 3 rings (SSSR count). The van der Waals surface area contributed by atoms with Crippen molar-refractivity contribution in [3.63, 3.8) is 0 Å². The molecule has 154 valence electrons. The zero-order valence-corrected chi connectivity index (χ0v) is 18.4. The van der Waals surface area contributed by atoms with Gasteiger partial charge in [-0.25, -0.2) is 0 Å². The Labute approximate surface area is 183 Å². The molecule has 4 nitrogen and oxygen atoms in total. The molecule has 0 heterocycles. The molecule has 2 N–H and O–H groups in total. The Kier molecular flexibility index (Phi) is 7.20. The van der Waals surface area contributed by atoms with Gasteiger partial charge in [-0.1, -0.05) is 66.7 Å². The van der Waals surface area contributed by atoms with Gasteiger partial charge in [0, 0.05) is 23.5 Å². The van der Waals surface area contributed by atoms with Crippen molar-refractivity contribution in [1.29, 1.82) is 0 Å². The number of carbonyl (C=O) groups is 1. The molecule has 3 aromatic carbocycles. The highest BCUT2D eigenvalue weighted by atomic mass is 32.1. The van der Waals surface area contributed by atoms with Gasteiger partial charge in [0.1, 0.15) is 0 Å². The first-order chi connectivity index (χ1) is 14.5. The van der Waals surface area contributed by atoms with Gasteiger partial charge in [-0.05, 0) is 55.7 Å². The molecule has 5 heteroatoms. The minimum atomic E-state index is -0.0882. The number of para-hydroxylation sites is 2. The van der Waals surface area contributed by atoms with E-state index in [2.05, 4.69) is 28.8 Å². The van der Waals surface area contributed by atoms with Gasteiger partial charge in [0.25, 0.3) is 0 Å². The Hall–Kier alpha value is -3.18. The van der Waals surface area contributed by atoms with Gasteiger partial charge in [0.05, 0.1) is 6.54 Å². The van der Waals surface area contributed by atoms with E-state index < -0.39 is 0 Å². The van der Waals surface area contributed by atoms with Crippen LogP contribution in [-0.2, 0) is 4.79 Å². The predicted octanol–water partition coefficient (Wildman–Crippen LogP) is 5.63. The monoisotopic (exact) mass is 417 g/mol. The Balaban J connectivity index is 1.71. The fraction of sp³-hybridized carbons (Fsp3) is 0.200. The van der Waals surface area contributed by atoms with Crippen molar-refractivity contribution >= 4 is 34.6 Å². The van der Waals surface area contributed by atoms with Crippen LogP contribution < -0.4 is 10.6 Å². The molecule has 0 aliphatic rings. The number of benzene rings is 3. The van der Waals surface area contributed by atoms with Crippen LogP contribution in [0.5, 0.6) is 0 Å². The van der Waals surface area contributed by atoms with Crippen LogP contribution in [0, 0.1) is 13.8 Å². The van der Waals surface area contributed by atoms with Crippen molar-refractivity contribution in [2.24, 2.45) is 0 Å². The topological polar surface area (TPSA) is 44.4 Å². The van der Waals surface area contributed by atoms with Crippen molar-refractivity contribution in [2.45, 2.75) is 20.8 Å². The van der Waals surface area contributed by atoms with E-state index in [1.54, 1.807) is 0 Å². The van der Waals surface area contributed by atoms with E-state index in [0.717, 1.165) is 33.6 Å². The number of nitrogens with zero attached hydrogens (tertiary/aromatic N) is 1. The van der Waals surface area contributed by atoms with E-state index >= 15 is 0 Å². The molecule has 0 saturated heterocycles. The molecular formula is C25H27N3OS. The first kappa shape index (κ1) is 21.5. The molecule has 0 spiro atoms. The minimum Gasteiger partial charge on any atom is -0.340 e. The molecular weight excluding hydrogens is 390 g/mol. The third-order valence-electron chi connectivity index (χ3n) is 5.00. The molecule has 0 saturated carbocycles. The van der Waals surface area contributed by atoms with Gasteiger partial charge in [0.15, 0.2) is 5.11 Å². The van der Waals surface area contributed by atoms with Gasteiger partial charge in [-0.3, -0.25) is 4.79 Å². The Morgan fingerprint density at radius 2 is 1.50 bits per heavy atom. The van der Waals surface area contributed by atoms with E-state index in [-0.39, 0.29) is 12.5 Å². The predicted molar refractivity (Wildman–Crippen MR) is 130 cm³/mol. The largest absolute Gasteiger partial charge is 0.340 e.